The number of hydrazone groups is 1. The molecule has 0 radical (unpaired) electrons. The average molecular weight is 594 g/mol. The summed E-state index contributed by atoms with van der Waals surface area (Å²) in [6, 6.07) is 22.3. The Morgan fingerprint density at radius 1 is 0.976 bits per heavy atom. The number of hydrogen-bond acceptors (Lipinski definition) is 4. The van der Waals surface area contributed by atoms with Crippen LogP contribution in [0, 0.1) is 12.8 Å². The number of halogens is 2. The summed E-state index contributed by atoms with van der Waals surface area (Å²) in [5.41, 5.74) is 6.86. The number of aromatic nitrogens is 1. The van der Waals surface area contributed by atoms with E-state index in [4.69, 9.17) is 27.9 Å². The molecule has 0 saturated heterocycles. The first-order chi connectivity index (χ1) is 19.6. The fourth-order valence-electron chi connectivity index (χ4n) is 4.64. The molecule has 41 heavy (non-hydrogen) atoms. The van der Waals surface area contributed by atoms with E-state index in [0.717, 1.165) is 28.7 Å². The number of carbonyl (C=O) groups excluding carboxylic acids is 2. The highest BCUT2D eigenvalue weighted by Gasteiger charge is 2.25. The number of rotatable bonds is 11. The average Bonchev–Trinajstić information content (AvgIpc) is 3.20. The van der Waals surface area contributed by atoms with E-state index in [1.54, 1.807) is 25.3 Å². The largest absolute Gasteiger partial charge is 0.479 e. The van der Waals surface area contributed by atoms with E-state index in [0.29, 0.717) is 22.2 Å². The number of hydrogen-bond donors (Lipinski definition) is 2. The molecule has 1 heterocycles. The Morgan fingerprint density at radius 3 is 2.39 bits per heavy atom. The van der Waals surface area contributed by atoms with Crippen molar-refractivity contribution in [3.8, 4) is 5.75 Å². The van der Waals surface area contributed by atoms with E-state index < -0.39 is 24.0 Å². The Morgan fingerprint density at radius 2 is 1.68 bits per heavy atom. The highest BCUT2D eigenvalue weighted by atomic mass is 35.5. The second-order valence-corrected chi connectivity index (χ2v) is 11.2. The predicted molar refractivity (Wildman–Crippen MR) is 166 cm³/mol. The molecule has 2 N–H and O–H groups in total. The molecule has 0 fully saturated rings. The summed E-state index contributed by atoms with van der Waals surface area (Å²) in [5.74, 6) is -0.378. The number of fused-ring (bicyclic) bond motifs is 1. The van der Waals surface area contributed by atoms with Gasteiger partial charge >= 0.3 is 0 Å². The minimum atomic E-state index is -0.891. The van der Waals surface area contributed by atoms with Crippen LogP contribution in [-0.4, -0.2) is 34.7 Å². The standard InChI is InChI=1S/C32H34Cl2N4O3/c1-20(2)16-28(36-31(39)22(4)41-30-15-14-24(33)17-27(30)34)32(40)37-35-18-26-21(3)38(19-23-10-6-5-7-11-23)29-13-9-8-12-25(26)29/h5-15,17-18,20,22,28H,16,19H2,1-4H3,(H,36,39)(H,37,40)/b35-18-/t22-,28-/m0/s1. The van der Waals surface area contributed by atoms with Crippen molar-refractivity contribution in [1.29, 1.82) is 0 Å². The molecule has 0 unspecified atom stereocenters. The fraction of sp³-hybridized carbons (Fsp3) is 0.281. The van der Waals surface area contributed by atoms with Gasteiger partial charge in [0.1, 0.15) is 11.8 Å². The minimum Gasteiger partial charge on any atom is -0.479 e. The second kappa shape index (κ2) is 13.7. The molecule has 2 atom stereocenters. The van der Waals surface area contributed by atoms with Gasteiger partial charge in [0.15, 0.2) is 6.10 Å². The van der Waals surface area contributed by atoms with E-state index in [1.165, 1.54) is 11.6 Å². The lowest BCUT2D eigenvalue weighted by Crippen LogP contribution is -2.49. The maximum atomic E-state index is 13.2. The zero-order valence-corrected chi connectivity index (χ0v) is 25.0. The monoisotopic (exact) mass is 592 g/mol. The Kier molecular flexibility index (Phi) is 10.1. The SMILES string of the molecule is Cc1c(/C=N\NC(=O)[C@H](CC(C)C)NC(=O)[C@H](C)Oc2ccc(Cl)cc2Cl)c2ccccc2n1Cc1ccccc1. The van der Waals surface area contributed by atoms with E-state index >= 15 is 0 Å². The molecule has 2 amide bonds. The Bertz CT molecular complexity index is 1550. The molecule has 4 aromatic rings. The van der Waals surface area contributed by atoms with E-state index in [9.17, 15) is 9.59 Å². The van der Waals surface area contributed by atoms with Gasteiger partial charge < -0.3 is 14.6 Å². The zero-order valence-electron chi connectivity index (χ0n) is 23.5. The zero-order chi connectivity index (χ0) is 29.5. The molecule has 214 valence electrons. The van der Waals surface area contributed by atoms with Crippen LogP contribution in [0.2, 0.25) is 10.0 Å². The number of para-hydroxylation sites is 1. The van der Waals surface area contributed by atoms with Crippen LogP contribution in [0.5, 0.6) is 5.75 Å². The van der Waals surface area contributed by atoms with Crippen LogP contribution in [0.1, 0.15) is 44.0 Å². The first-order valence-corrected chi connectivity index (χ1v) is 14.3. The van der Waals surface area contributed by atoms with E-state index in [-0.39, 0.29) is 5.92 Å². The molecule has 0 aliphatic carbocycles. The van der Waals surface area contributed by atoms with Crippen LogP contribution in [0.15, 0.2) is 77.9 Å². The predicted octanol–water partition coefficient (Wildman–Crippen LogP) is 6.75. The molecular weight excluding hydrogens is 559 g/mol. The van der Waals surface area contributed by atoms with Crippen molar-refractivity contribution in [3.63, 3.8) is 0 Å². The van der Waals surface area contributed by atoms with Crippen LogP contribution in [0.25, 0.3) is 10.9 Å². The maximum Gasteiger partial charge on any atom is 0.262 e. The summed E-state index contributed by atoms with van der Waals surface area (Å²) < 4.78 is 7.96. The van der Waals surface area contributed by atoms with Crippen molar-refractivity contribution in [2.24, 2.45) is 11.0 Å². The molecule has 0 aliphatic heterocycles. The summed E-state index contributed by atoms with van der Waals surface area (Å²) in [7, 11) is 0. The van der Waals surface area contributed by atoms with Gasteiger partial charge in [-0.15, -0.1) is 0 Å². The lowest BCUT2D eigenvalue weighted by molar-refractivity contribution is -0.132. The van der Waals surface area contributed by atoms with Gasteiger partial charge in [-0.25, -0.2) is 5.43 Å². The first-order valence-electron chi connectivity index (χ1n) is 13.5. The number of amides is 2. The molecule has 7 nitrogen and oxygen atoms in total. The highest BCUT2D eigenvalue weighted by molar-refractivity contribution is 6.35. The highest BCUT2D eigenvalue weighted by Crippen LogP contribution is 2.28. The molecule has 1 aromatic heterocycles. The molecule has 0 bridgehead atoms. The molecule has 3 aromatic carbocycles. The summed E-state index contributed by atoms with van der Waals surface area (Å²) in [5, 5.41) is 8.88. The van der Waals surface area contributed by atoms with Gasteiger partial charge in [0.25, 0.3) is 11.8 Å². The minimum absolute atomic E-state index is 0.148. The van der Waals surface area contributed by atoms with Gasteiger partial charge in [0.05, 0.1) is 11.2 Å². The van der Waals surface area contributed by atoms with Crippen LogP contribution in [0.4, 0.5) is 0 Å². The van der Waals surface area contributed by atoms with Crippen LogP contribution in [-0.2, 0) is 16.1 Å². The van der Waals surface area contributed by atoms with Crippen LogP contribution >= 0.6 is 23.2 Å². The fourth-order valence-corrected chi connectivity index (χ4v) is 5.09. The molecule has 9 heteroatoms. The van der Waals surface area contributed by atoms with Gasteiger partial charge in [0.2, 0.25) is 0 Å². The lowest BCUT2D eigenvalue weighted by Gasteiger charge is -2.22. The Labute approximate surface area is 250 Å². The van der Waals surface area contributed by atoms with Crippen LogP contribution in [0.3, 0.4) is 0 Å². The number of ether oxygens (including phenoxy) is 1. The lowest BCUT2D eigenvalue weighted by atomic mass is 10.0. The van der Waals surface area contributed by atoms with Gasteiger partial charge in [-0.1, -0.05) is 85.6 Å². The van der Waals surface area contributed by atoms with E-state index in [2.05, 4.69) is 38.6 Å². The third kappa shape index (κ3) is 7.69. The molecule has 0 saturated carbocycles. The molecule has 0 aliphatic rings. The number of nitrogens with zero attached hydrogens (tertiary/aromatic N) is 2. The first kappa shape index (κ1) is 30.2. The van der Waals surface area contributed by atoms with Gasteiger partial charge in [-0.3, -0.25) is 9.59 Å². The normalized spacial score (nSPS) is 13.0. The quantitative estimate of drug-likeness (QED) is 0.149. The summed E-state index contributed by atoms with van der Waals surface area (Å²) in [6.07, 6.45) is 1.20. The number of nitrogens with one attached hydrogen (secondary N) is 2. The van der Waals surface area contributed by atoms with Crippen LogP contribution < -0.4 is 15.5 Å². The number of benzene rings is 3. The summed E-state index contributed by atoms with van der Waals surface area (Å²) in [6.45, 7) is 8.32. The van der Waals surface area contributed by atoms with E-state index in [1.807, 2.05) is 57.2 Å². The molecular formula is C32H34Cl2N4O3. The number of carbonyl (C=O) groups is 2. The van der Waals surface area contributed by atoms with Crippen molar-refractivity contribution < 1.29 is 14.3 Å². The smallest absolute Gasteiger partial charge is 0.262 e. The molecule has 0 spiro atoms. The van der Waals surface area contributed by atoms with Gasteiger partial charge in [0, 0.05) is 33.7 Å². The Hall–Kier alpha value is -3.81. The molecule has 4 rings (SSSR count). The van der Waals surface area contributed by atoms with Crippen molar-refractivity contribution >= 4 is 52.1 Å². The topological polar surface area (TPSA) is 84.7 Å². The van der Waals surface area contributed by atoms with Crippen molar-refractivity contribution in [2.45, 2.75) is 52.8 Å². The maximum absolute atomic E-state index is 13.2. The van der Waals surface area contributed by atoms with Gasteiger partial charge in [-0.2, -0.15) is 5.10 Å². The van der Waals surface area contributed by atoms with Crippen molar-refractivity contribution in [3.05, 3.63) is 99.7 Å². The second-order valence-electron chi connectivity index (χ2n) is 10.3. The third-order valence-corrected chi connectivity index (χ3v) is 7.27. The van der Waals surface area contributed by atoms with Gasteiger partial charge in [-0.05, 0) is 56.0 Å². The Balaban J connectivity index is 1.47. The third-order valence-electron chi connectivity index (χ3n) is 6.74. The summed E-state index contributed by atoms with van der Waals surface area (Å²) in [4.78, 5) is 26.1. The van der Waals surface area contributed by atoms with Crippen molar-refractivity contribution in [1.82, 2.24) is 15.3 Å². The summed E-state index contributed by atoms with van der Waals surface area (Å²) >= 11 is 12.1. The van der Waals surface area contributed by atoms with Crippen molar-refractivity contribution in [2.75, 3.05) is 0 Å².